The molecule has 34 heavy (non-hydrogen) atoms. The zero-order chi connectivity index (χ0) is 24.9. The van der Waals surface area contributed by atoms with Gasteiger partial charge in [-0.05, 0) is 84.6 Å². The lowest BCUT2D eigenvalue weighted by Gasteiger charge is -2.46. The quantitative estimate of drug-likeness (QED) is 0.381. The number of hydrogen-bond acceptors (Lipinski definition) is 3. The van der Waals surface area contributed by atoms with Crippen LogP contribution in [0.2, 0.25) is 0 Å². The highest BCUT2D eigenvalue weighted by Crippen LogP contribution is 2.46. The average molecular weight is 454 g/mol. The van der Waals surface area contributed by atoms with Gasteiger partial charge in [0.15, 0.2) is 0 Å². The van der Waals surface area contributed by atoms with E-state index >= 15 is 0 Å². The molecule has 0 fully saturated rings. The van der Waals surface area contributed by atoms with Crippen LogP contribution in [0.5, 0.6) is 0 Å². The van der Waals surface area contributed by atoms with Crippen molar-refractivity contribution in [3.05, 3.63) is 86.8 Å². The van der Waals surface area contributed by atoms with Crippen LogP contribution in [0.1, 0.15) is 83.2 Å². The van der Waals surface area contributed by atoms with E-state index in [1.807, 2.05) is 18.2 Å². The van der Waals surface area contributed by atoms with Crippen LogP contribution in [0.3, 0.4) is 0 Å². The SMILES string of the molecule is [C-]#[N+]C(C#N)=C1C=C(C=Cc2cc3c4c(c2)CC(C)(C)NC4CC(C)(C)C3)OC(C(C)(C)C)=C1. The van der Waals surface area contributed by atoms with Gasteiger partial charge in [0.1, 0.15) is 11.5 Å². The van der Waals surface area contributed by atoms with Crippen molar-refractivity contribution in [3.63, 3.8) is 0 Å². The maximum absolute atomic E-state index is 9.40. The lowest BCUT2D eigenvalue weighted by Crippen LogP contribution is -2.50. The van der Waals surface area contributed by atoms with Crippen LogP contribution < -0.4 is 5.32 Å². The van der Waals surface area contributed by atoms with Crippen molar-refractivity contribution in [2.45, 2.75) is 79.3 Å². The van der Waals surface area contributed by atoms with Gasteiger partial charge in [-0.15, -0.1) is 0 Å². The molecule has 0 saturated heterocycles. The highest BCUT2D eigenvalue weighted by molar-refractivity contribution is 5.60. The van der Waals surface area contributed by atoms with Gasteiger partial charge in [-0.1, -0.05) is 52.8 Å². The first-order chi connectivity index (χ1) is 15.8. The monoisotopic (exact) mass is 453 g/mol. The van der Waals surface area contributed by atoms with Crippen molar-refractivity contribution in [3.8, 4) is 6.07 Å². The van der Waals surface area contributed by atoms with Crippen molar-refractivity contribution in [1.82, 2.24) is 5.32 Å². The summed E-state index contributed by atoms with van der Waals surface area (Å²) in [7, 11) is 0. The minimum absolute atomic E-state index is 0.0687. The minimum atomic E-state index is -0.240. The van der Waals surface area contributed by atoms with Gasteiger partial charge in [0.05, 0.1) is 12.6 Å². The first-order valence-corrected chi connectivity index (χ1v) is 12.1. The molecule has 1 unspecified atom stereocenters. The van der Waals surface area contributed by atoms with Crippen molar-refractivity contribution in [2.24, 2.45) is 10.8 Å². The normalized spacial score (nSPS) is 24.2. The molecule has 0 spiro atoms. The van der Waals surface area contributed by atoms with Gasteiger partial charge >= 0.3 is 0 Å². The van der Waals surface area contributed by atoms with E-state index < -0.39 is 0 Å². The largest absolute Gasteiger partial charge is 0.461 e. The van der Waals surface area contributed by atoms with Crippen LogP contribution in [0.15, 0.2) is 53.1 Å². The Morgan fingerprint density at radius 3 is 2.44 bits per heavy atom. The summed E-state index contributed by atoms with van der Waals surface area (Å²) in [5.74, 6) is 1.39. The van der Waals surface area contributed by atoms with Gasteiger partial charge in [0.25, 0.3) is 5.70 Å². The number of benzene rings is 1. The maximum Gasteiger partial charge on any atom is 0.269 e. The Morgan fingerprint density at radius 1 is 1.15 bits per heavy atom. The molecule has 1 atom stereocenters. The summed E-state index contributed by atoms with van der Waals surface area (Å²) in [6.07, 6.45) is 10.9. The molecule has 176 valence electrons. The van der Waals surface area contributed by atoms with Gasteiger partial charge < -0.3 is 10.1 Å². The van der Waals surface area contributed by atoms with E-state index in [4.69, 9.17) is 11.3 Å². The molecule has 0 radical (unpaired) electrons. The number of rotatable bonds is 2. The highest BCUT2D eigenvalue weighted by Gasteiger charge is 2.40. The second-order valence-electron chi connectivity index (χ2n) is 12.3. The fraction of sp³-hybridized carbons (Fsp3) is 0.467. The van der Waals surface area contributed by atoms with E-state index in [0.717, 1.165) is 30.6 Å². The van der Waals surface area contributed by atoms with Crippen molar-refractivity contribution in [2.75, 3.05) is 0 Å². The Hall–Kier alpha value is -3.08. The maximum atomic E-state index is 9.40. The standard InChI is InChI=1S/C30H35N3O/c1-28(2,3)26-14-20(25(18-31)32-8)13-23(34-26)10-9-19-11-21-15-29(4,5)17-24-27(21)22(12-19)16-30(6,7)33-24/h9-14,24,33H,15-17H2,1-7H3. The van der Waals surface area contributed by atoms with E-state index in [9.17, 15) is 5.26 Å². The minimum Gasteiger partial charge on any atom is -0.461 e. The summed E-state index contributed by atoms with van der Waals surface area (Å²) in [6.45, 7) is 22.9. The second kappa shape index (κ2) is 8.30. The van der Waals surface area contributed by atoms with Crippen molar-refractivity contribution >= 4 is 6.08 Å². The topological polar surface area (TPSA) is 49.4 Å². The van der Waals surface area contributed by atoms with Crippen LogP contribution in [-0.2, 0) is 17.6 Å². The summed E-state index contributed by atoms with van der Waals surface area (Å²) in [5, 5.41) is 13.3. The Balaban J connectivity index is 1.73. The van der Waals surface area contributed by atoms with E-state index in [-0.39, 0.29) is 22.1 Å². The molecule has 1 aromatic rings. The zero-order valence-electron chi connectivity index (χ0n) is 21.5. The van der Waals surface area contributed by atoms with Crippen LogP contribution >= 0.6 is 0 Å². The van der Waals surface area contributed by atoms with Gasteiger partial charge in [0.2, 0.25) is 0 Å². The van der Waals surface area contributed by atoms with Crippen LogP contribution in [0, 0.1) is 28.7 Å². The number of ether oxygens (including phenoxy) is 1. The van der Waals surface area contributed by atoms with E-state index in [1.54, 1.807) is 6.08 Å². The number of nitriles is 1. The third kappa shape index (κ3) is 4.89. The molecule has 4 rings (SSSR count). The van der Waals surface area contributed by atoms with E-state index in [0.29, 0.717) is 17.4 Å². The molecule has 4 nitrogen and oxygen atoms in total. The fourth-order valence-electron chi connectivity index (χ4n) is 5.45. The number of nitrogens with one attached hydrogen (secondary N) is 1. The lowest BCUT2D eigenvalue weighted by molar-refractivity contribution is 0.205. The molecule has 1 N–H and O–H groups in total. The molecule has 2 heterocycles. The van der Waals surface area contributed by atoms with Gasteiger partial charge in [-0.2, -0.15) is 0 Å². The van der Waals surface area contributed by atoms with Crippen LogP contribution in [0.4, 0.5) is 0 Å². The summed E-state index contributed by atoms with van der Waals surface area (Å²) >= 11 is 0. The molecule has 1 aliphatic carbocycles. The first kappa shape index (κ1) is 24.1. The summed E-state index contributed by atoms with van der Waals surface area (Å²) in [6, 6.07) is 7.07. The molecule has 0 aromatic heterocycles. The Bertz CT molecular complexity index is 1180. The molecule has 3 aliphatic rings. The summed E-state index contributed by atoms with van der Waals surface area (Å²) < 4.78 is 6.18. The fourth-order valence-corrected chi connectivity index (χ4v) is 5.45. The third-order valence-electron chi connectivity index (χ3n) is 6.83. The molecule has 0 amide bonds. The first-order valence-electron chi connectivity index (χ1n) is 12.1. The predicted octanol–water partition coefficient (Wildman–Crippen LogP) is 7.18. The van der Waals surface area contributed by atoms with Gasteiger partial charge in [-0.3, -0.25) is 0 Å². The predicted molar refractivity (Wildman–Crippen MR) is 137 cm³/mol. The Labute approximate surface area is 204 Å². The second-order valence-corrected chi connectivity index (χ2v) is 12.3. The van der Waals surface area contributed by atoms with Crippen LogP contribution in [0.25, 0.3) is 10.9 Å². The molecular formula is C30H35N3O. The van der Waals surface area contributed by atoms with Crippen LogP contribution in [-0.4, -0.2) is 5.54 Å². The molecule has 2 aliphatic heterocycles. The summed E-state index contributed by atoms with van der Waals surface area (Å²) in [4.78, 5) is 3.40. The van der Waals surface area contributed by atoms with Gasteiger partial charge in [-0.25, -0.2) is 10.1 Å². The van der Waals surface area contributed by atoms with Gasteiger partial charge in [0, 0.05) is 17.0 Å². The smallest absolute Gasteiger partial charge is 0.269 e. The average Bonchev–Trinajstić information content (AvgIpc) is 2.70. The third-order valence-corrected chi connectivity index (χ3v) is 6.83. The summed E-state index contributed by atoms with van der Waals surface area (Å²) in [5.41, 5.74) is 6.31. The lowest BCUT2D eigenvalue weighted by atomic mass is 9.67. The Morgan fingerprint density at radius 2 is 1.82 bits per heavy atom. The van der Waals surface area contributed by atoms with E-state index in [2.05, 4.69) is 76.8 Å². The number of hydrogen-bond donors (Lipinski definition) is 1. The number of nitrogens with zero attached hydrogens (tertiary/aromatic N) is 2. The zero-order valence-corrected chi connectivity index (χ0v) is 21.5. The highest BCUT2D eigenvalue weighted by atomic mass is 16.5. The molecule has 1 aromatic carbocycles. The van der Waals surface area contributed by atoms with Crippen molar-refractivity contribution in [1.29, 1.82) is 5.26 Å². The Kier molecular flexibility index (Phi) is 5.87. The molecule has 0 bridgehead atoms. The molecular weight excluding hydrogens is 418 g/mol. The van der Waals surface area contributed by atoms with E-state index in [1.165, 1.54) is 16.7 Å². The molecule has 0 saturated carbocycles. The van der Waals surface area contributed by atoms with Crippen molar-refractivity contribution < 1.29 is 4.74 Å². The molecule has 4 heteroatoms. The number of allylic oxidation sites excluding steroid dienone is 6.